The molecule has 1 aliphatic rings. The highest BCUT2D eigenvalue weighted by atomic mass is 16.6. The smallest absolute Gasteiger partial charge is 0.410 e. The Morgan fingerprint density at radius 1 is 1.07 bits per heavy atom. The van der Waals surface area contributed by atoms with Crippen molar-refractivity contribution >= 4 is 36.7 Å². The van der Waals surface area contributed by atoms with E-state index in [1.54, 1.807) is 4.90 Å². The molecule has 0 spiro atoms. The van der Waals surface area contributed by atoms with E-state index in [0.29, 0.717) is 26.2 Å². The number of fused-ring (bicyclic) bond motifs is 1. The highest BCUT2D eigenvalue weighted by Gasteiger charge is 2.26. The zero-order valence-electron chi connectivity index (χ0n) is 23.5. The Morgan fingerprint density at radius 3 is 2.60 bits per heavy atom. The van der Waals surface area contributed by atoms with Crippen molar-refractivity contribution in [2.24, 2.45) is 0 Å². The monoisotopic (exact) mass is 540 g/mol. The number of nitrogens with one attached hydrogen (secondary N) is 2. The second-order valence-corrected chi connectivity index (χ2v) is 10.6. The van der Waals surface area contributed by atoms with Crippen molar-refractivity contribution in [2.75, 3.05) is 50.9 Å². The number of anilines is 2. The summed E-state index contributed by atoms with van der Waals surface area (Å²) < 4.78 is 7.40. The summed E-state index contributed by atoms with van der Waals surface area (Å²) in [7, 11) is 6.14. The number of hydrogen-bond acceptors (Lipinski definition) is 8. The number of carbonyl (C=O) groups is 1. The van der Waals surface area contributed by atoms with Gasteiger partial charge in [-0.3, -0.25) is 0 Å². The quantitative estimate of drug-likeness (QED) is 0.296. The zero-order valence-corrected chi connectivity index (χ0v) is 23.5. The Kier molecular flexibility index (Phi) is 8.80. The summed E-state index contributed by atoms with van der Waals surface area (Å²) in [5, 5.41) is 11.4. The maximum Gasteiger partial charge on any atom is 0.410 e. The number of aromatic nitrogens is 4. The molecule has 4 heterocycles. The van der Waals surface area contributed by atoms with Crippen LogP contribution in [0.4, 0.5) is 16.4 Å². The van der Waals surface area contributed by atoms with E-state index in [4.69, 9.17) is 9.72 Å². The van der Waals surface area contributed by atoms with Crippen LogP contribution in [0, 0.1) is 0 Å². The Hall–Kier alpha value is -4.12. The predicted molar refractivity (Wildman–Crippen MR) is 160 cm³/mol. The lowest BCUT2D eigenvalue weighted by Gasteiger charge is -2.31. The summed E-state index contributed by atoms with van der Waals surface area (Å²) in [6.45, 7) is 4.00. The summed E-state index contributed by atoms with van der Waals surface area (Å²) in [5.74, 6) is 2.02. The van der Waals surface area contributed by atoms with Gasteiger partial charge >= 0.3 is 6.09 Å². The Labute approximate surface area is 236 Å². The molecule has 1 aromatic carbocycles. The number of ether oxygens (including phenoxy) is 1. The van der Waals surface area contributed by atoms with Crippen LogP contribution in [0.25, 0.3) is 5.65 Å². The van der Waals surface area contributed by atoms with Gasteiger partial charge in [-0.1, -0.05) is 36.4 Å². The van der Waals surface area contributed by atoms with Gasteiger partial charge in [-0.05, 0) is 49.6 Å². The Balaban J connectivity index is 1.20. The molecule has 2 N–H and O–H groups in total. The van der Waals surface area contributed by atoms with Gasteiger partial charge in [0.05, 0.1) is 0 Å². The number of hydrogen-bond donors (Lipinski definition) is 2. The minimum atomic E-state index is -0.257. The number of benzene rings is 1. The van der Waals surface area contributed by atoms with E-state index in [0.717, 1.165) is 65.5 Å². The van der Waals surface area contributed by atoms with E-state index in [1.807, 2.05) is 61.2 Å². The van der Waals surface area contributed by atoms with Gasteiger partial charge in [0.2, 0.25) is 0 Å². The number of piperidine rings is 1. The number of pyridine rings is 1. The normalized spacial score (nSPS) is 14.0. The minimum absolute atomic E-state index is 0.257. The van der Waals surface area contributed by atoms with Crippen molar-refractivity contribution in [3.05, 3.63) is 77.7 Å². The van der Waals surface area contributed by atoms with Gasteiger partial charge in [-0.2, -0.15) is 9.61 Å². The van der Waals surface area contributed by atoms with Crippen molar-refractivity contribution in [2.45, 2.75) is 31.9 Å². The third-order valence-electron chi connectivity index (χ3n) is 7.21. The molecule has 1 saturated heterocycles. The average Bonchev–Trinajstić information content (AvgIpc) is 3.36. The van der Waals surface area contributed by atoms with E-state index in [1.165, 1.54) is 0 Å². The molecule has 3 aromatic heterocycles. The van der Waals surface area contributed by atoms with Gasteiger partial charge in [-0.25, -0.2) is 14.8 Å². The second-order valence-electron chi connectivity index (χ2n) is 10.6. The Morgan fingerprint density at radius 2 is 1.88 bits per heavy atom. The fourth-order valence-corrected chi connectivity index (χ4v) is 4.83. The fraction of sp³-hybridized carbons (Fsp3) is 0.379. The minimum Gasteiger partial charge on any atom is -0.445 e. The van der Waals surface area contributed by atoms with Gasteiger partial charge in [0.1, 0.15) is 26.1 Å². The lowest BCUT2D eigenvalue weighted by molar-refractivity contribution is 0.0868. The molecule has 40 heavy (non-hydrogen) atoms. The molecule has 4 aromatic rings. The fourth-order valence-electron chi connectivity index (χ4n) is 4.83. The third-order valence-corrected chi connectivity index (χ3v) is 7.21. The standard InChI is InChI=1S/C29H37BN8O2/c1-36(2)15-12-31-26-9-8-22(17-32-26)18-33-27-16-25(35-28-24(30)19-34-38(27)28)23-10-13-37(14-11-23)29(39)40-20-21-6-4-3-5-7-21/h3-9,16-17,19,23,33H,10-15,18,20,30H2,1-2H3,(H,31,32). The van der Waals surface area contributed by atoms with Gasteiger partial charge in [0, 0.05) is 62.8 Å². The highest BCUT2D eigenvalue weighted by molar-refractivity contribution is 6.36. The van der Waals surface area contributed by atoms with Crippen molar-refractivity contribution in [1.29, 1.82) is 0 Å². The van der Waals surface area contributed by atoms with Crippen LogP contribution in [-0.4, -0.2) is 83.6 Å². The SMILES string of the molecule is Bc1cnn2c(NCc3ccc(NCCN(C)C)nc3)cc(C3CCN(C(=O)OCc4ccccc4)CC3)nc12. The van der Waals surface area contributed by atoms with Crippen molar-refractivity contribution in [1.82, 2.24) is 29.4 Å². The predicted octanol–water partition coefficient (Wildman–Crippen LogP) is 2.48. The first-order chi connectivity index (χ1) is 19.5. The van der Waals surface area contributed by atoms with Crippen LogP contribution in [0.2, 0.25) is 0 Å². The largest absolute Gasteiger partial charge is 0.445 e. The second kappa shape index (κ2) is 12.8. The van der Waals surface area contributed by atoms with Crippen LogP contribution in [0.1, 0.15) is 35.6 Å². The summed E-state index contributed by atoms with van der Waals surface area (Å²) >= 11 is 0. The average molecular weight is 540 g/mol. The molecular formula is C29H37BN8O2. The van der Waals surface area contributed by atoms with Gasteiger partial charge < -0.3 is 25.2 Å². The van der Waals surface area contributed by atoms with E-state index in [-0.39, 0.29) is 12.0 Å². The molecule has 0 atom stereocenters. The van der Waals surface area contributed by atoms with E-state index < -0.39 is 0 Å². The highest BCUT2D eigenvalue weighted by Crippen LogP contribution is 2.29. The number of likely N-dealkylation sites (tertiary alicyclic amines) is 1. The van der Waals surface area contributed by atoms with Crippen molar-refractivity contribution in [3.8, 4) is 0 Å². The van der Waals surface area contributed by atoms with Crippen molar-refractivity contribution < 1.29 is 9.53 Å². The maximum absolute atomic E-state index is 12.6. The molecule has 208 valence electrons. The van der Waals surface area contributed by atoms with Crippen molar-refractivity contribution in [3.63, 3.8) is 0 Å². The van der Waals surface area contributed by atoms with Crippen LogP contribution in [0.5, 0.6) is 0 Å². The molecule has 11 heteroatoms. The molecular weight excluding hydrogens is 503 g/mol. The maximum atomic E-state index is 12.6. The van der Waals surface area contributed by atoms with E-state index >= 15 is 0 Å². The molecule has 0 unspecified atom stereocenters. The zero-order chi connectivity index (χ0) is 27.9. The number of amides is 1. The lowest BCUT2D eigenvalue weighted by Crippen LogP contribution is -2.38. The molecule has 0 aliphatic carbocycles. The van der Waals surface area contributed by atoms with Crippen LogP contribution in [0.3, 0.4) is 0 Å². The first-order valence-corrected chi connectivity index (χ1v) is 13.8. The molecule has 1 fully saturated rings. The van der Waals surface area contributed by atoms with E-state index in [9.17, 15) is 4.79 Å². The van der Waals surface area contributed by atoms with Gasteiger partial charge in [-0.15, -0.1) is 0 Å². The Bertz CT molecular complexity index is 1400. The van der Waals surface area contributed by atoms with Gasteiger partial charge in [0.25, 0.3) is 0 Å². The van der Waals surface area contributed by atoms with Crippen LogP contribution in [-0.2, 0) is 17.9 Å². The molecule has 5 rings (SSSR count). The molecule has 0 radical (unpaired) electrons. The summed E-state index contributed by atoms with van der Waals surface area (Å²) in [5.41, 5.74) is 4.97. The van der Waals surface area contributed by atoms with Gasteiger partial charge in [0.15, 0.2) is 5.65 Å². The molecule has 1 aliphatic heterocycles. The topological polar surface area (TPSA) is 99.9 Å². The van der Waals surface area contributed by atoms with Crippen LogP contribution < -0.4 is 16.1 Å². The lowest BCUT2D eigenvalue weighted by atomic mass is 9.93. The molecule has 10 nitrogen and oxygen atoms in total. The van der Waals surface area contributed by atoms with E-state index in [2.05, 4.69) is 51.8 Å². The summed E-state index contributed by atoms with van der Waals surface area (Å²) in [4.78, 5) is 26.1. The first kappa shape index (κ1) is 27.5. The van der Waals surface area contributed by atoms with Crippen LogP contribution in [0.15, 0.2) is 60.9 Å². The molecule has 0 bridgehead atoms. The number of rotatable bonds is 10. The first-order valence-electron chi connectivity index (χ1n) is 13.8. The number of carbonyl (C=O) groups excluding carboxylic acids is 1. The van der Waals surface area contributed by atoms with Crippen LogP contribution >= 0.6 is 0 Å². The molecule has 1 amide bonds. The summed E-state index contributed by atoms with van der Waals surface area (Å²) in [6.07, 6.45) is 5.15. The summed E-state index contributed by atoms with van der Waals surface area (Å²) in [6, 6.07) is 16.0. The number of likely N-dealkylation sites (N-methyl/N-ethyl adjacent to an activating group) is 1. The molecule has 0 saturated carbocycles. The number of nitrogens with zero attached hydrogens (tertiary/aromatic N) is 6. The third kappa shape index (κ3) is 6.90.